The van der Waals surface area contributed by atoms with E-state index >= 15 is 0 Å². The number of halogens is 1. The SMILES string of the molecule is CC[C@H](C)[C@H](Cl)C=O. The first-order valence-electron chi connectivity index (χ1n) is 2.81. The Hall–Kier alpha value is -0.0400. The van der Waals surface area contributed by atoms with E-state index in [4.69, 9.17) is 11.6 Å². The molecule has 0 aromatic carbocycles. The maximum absolute atomic E-state index is 9.97. The van der Waals surface area contributed by atoms with Gasteiger partial charge in [0.15, 0.2) is 0 Å². The average Bonchev–Trinajstić information content (AvgIpc) is 1.84. The summed E-state index contributed by atoms with van der Waals surface area (Å²) in [4.78, 5) is 9.97. The molecule has 8 heavy (non-hydrogen) atoms. The van der Waals surface area contributed by atoms with E-state index in [0.29, 0.717) is 5.92 Å². The lowest BCUT2D eigenvalue weighted by Crippen LogP contribution is -2.10. The van der Waals surface area contributed by atoms with Gasteiger partial charge in [0.05, 0.1) is 5.38 Å². The van der Waals surface area contributed by atoms with Crippen molar-refractivity contribution < 1.29 is 4.79 Å². The summed E-state index contributed by atoms with van der Waals surface area (Å²) in [5.74, 6) is 0.314. The van der Waals surface area contributed by atoms with E-state index in [9.17, 15) is 4.79 Å². The molecule has 0 aromatic rings. The molecule has 1 nitrogen and oxygen atoms in total. The van der Waals surface area contributed by atoms with Crippen LogP contribution in [0.4, 0.5) is 0 Å². The third-order valence-corrected chi connectivity index (χ3v) is 1.85. The fourth-order valence-electron chi connectivity index (χ4n) is 0.359. The third-order valence-electron chi connectivity index (χ3n) is 1.32. The van der Waals surface area contributed by atoms with Crippen molar-refractivity contribution in [2.75, 3.05) is 0 Å². The van der Waals surface area contributed by atoms with Gasteiger partial charge in [0, 0.05) is 0 Å². The first-order valence-corrected chi connectivity index (χ1v) is 3.25. The molecule has 0 spiro atoms. The van der Waals surface area contributed by atoms with Gasteiger partial charge in [-0.3, -0.25) is 0 Å². The van der Waals surface area contributed by atoms with Gasteiger partial charge in [-0.2, -0.15) is 0 Å². The van der Waals surface area contributed by atoms with Gasteiger partial charge in [0.25, 0.3) is 0 Å². The van der Waals surface area contributed by atoms with Crippen LogP contribution in [-0.2, 0) is 4.79 Å². The maximum atomic E-state index is 9.97. The monoisotopic (exact) mass is 134 g/mol. The zero-order valence-corrected chi connectivity index (χ0v) is 5.98. The van der Waals surface area contributed by atoms with Crippen LogP contribution in [0.1, 0.15) is 20.3 Å². The first kappa shape index (κ1) is 7.96. The fraction of sp³-hybridized carbons (Fsp3) is 0.833. The van der Waals surface area contributed by atoms with E-state index in [-0.39, 0.29) is 5.38 Å². The Morgan fingerprint density at radius 2 is 2.25 bits per heavy atom. The van der Waals surface area contributed by atoms with Crippen LogP contribution in [0.15, 0.2) is 0 Å². The van der Waals surface area contributed by atoms with Crippen LogP contribution in [0.5, 0.6) is 0 Å². The maximum Gasteiger partial charge on any atom is 0.138 e. The number of aldehydes is 1. The normalized spacial score (nSPS) is 17.4. The molecule has 0 radical (unpaired) electrons. The minimum absolute atomic E-state index is 0.292. The molecule has 2 heteroatoms. The molecule has 0 N–H and O–H groups in total. The first-order chi connectivity index (χ1) is 3.72. The van der Waals surface area contributed by atoms with Crippen LogP contribution >= 0.6 is 11.6 Å². The number of hydrogen-bond acceptors (Lipinski definition) is 1. The van der Waals surface area contributed by atoms with Gasteiger partial charge < -0.3 is 4.79 Å². The van der Waals surface area contributed by atoms with Crippen molar-refractivity contribution in [2.24, 2.45) is 5.92 Å². The summed E-state index contributed by atoms with van der Waals surface area (Å²) < 4.78 is 0. The van der Waals surface area contributed by atoms with Crippen molar-refractivity contribution >= 4 is 17.9 Å². The van der Waals surface area contributed by atoms with Gasteiger partial charge in [-0.15, -0.1) is 11.6 Å². The predicted molar refractivity (Wildman–Crippen MR) is 35.2 cm³/mol. The summed E-state index contributed by atoms with van der Waals surface area (Å²) >= 11 is 5.55. The number of carbonyl (C=O) groups excluding carboxylic acids is 1. The van der Waals surface area contributed by atoms with Gasteiger partial charge >= 0.3 is 0 Å². The summed E-state index contributed by atoms with van der Waals surface area (Å²) in [6.07, 6.45) is 1.75. The molecule has 0 aliphatic rings. The standard InChI is InChI=1S/C6H11ClO/c1-3-5(2)6(7)4-8/h4-6H,3H2,1-2H3/t5-,6+/m0/s1. The van der Waals surface area contributed by atoms with Gasteiger partial charge in [-0.25, -0.2) is 0 Å². The van der Waals surface area contributed by atoms with E-state index in [1.54, 1.807) is 0 Å². The lowest BCUT2D eigenvalue weighted by atomic mass is 10.1. The van der Waals surface area contributed by atoms with E-state index in [2.05, 4.69) is 0 Å². The van der Waals surface area contributed by atoms with Gasteiger partial charge in [0.1, 0.15) is 6.29 Å². The zero-order chi connectivity index (χ0) is 6.57. The van der Waals surface area contributed by atoms with Crippen molar-refractivity contribution in [1.29, 1.82) is 0 Å². The molecule has 0 saturated heterocycles. The summed E-state index contributed by atoms with van der Waals surface area (Å²) in [6.45, 7) is 3.98. The summed E-state index contributed by atoms with van der Waals surface area (Å²) in [5, 5.41) is -0.292. The van der Waals surface area contributed by atoms with Gasteiger partial charge in [-0.05, 0) is 5.92 Å². The Labute approximate surface area is 55.0 Å². The van der Waals surface area contributed by atoms with Crippen molar-refractivity contribution in [2.45, 2.75) is 25.6 Å². The Morgan fingerprint density at radius 1 is 1.75 bits per heavy atom. The zero-order valence-electron chi connectivity index (χ0n) is 5.23. The molecule has 0 aliphatic heterocycles. The molecule has 2 atom stereocenters. The Kier molecular flexibility index (Phi) is 3.88. The Bertz CT molecular complexity index is 72.9. The highest BCUT2D eigenvalue weighted by Crippen LogP contribution is 2.10. The smallest absolute Gasteiger partial charge is 0.138 e. The second-order valence-corrected chi connectivity index (χ2v) is 2.47. The minimum atomic E-state index is -0.292. The molecule has 0 heterocycles. The second-order valence-electron chi connectivity index (χ2n) is 1.97. The number of alkyl halides is 1. The molecule has 0 amide bonds. The van der Waals surface area contributed by atoms with E-state index in [0.717, 1.165) is 12.7 Å². The summed E-state index contributed by atoms with van der Waals surface area (Å²) in [6, 6.07) is 0. The molecule has 0 aromatic heterocycles. The fourth-order valence-corrected chi connectivity index (χ4v) is 0.537. The van der Waals surface area contributed by atoms with Crippen molar-refractivity contribution in [1.82, 2.24) is 0 Å². The average molecular weight is 135 g/mol. The lowest BCUT2D eigenvalue weighted by molar-refractivity contribution is -0.108. The van der Waals surface area contributed by atoms with Crippen LogP contribution in [0.25, 0.3) is 0 Å². The molecule has 0 rings (SSSR count). The summed E-state index contributed by atoms with van der Waals surface area (Å²) in [7, 11) is 0. The Balaban J connectivity index is 3.44. The highest BCUT2D eigenvalue weighted by Gasteiger charge is 2.09. The van der Waals surface area contributed by atoms with Gasteiger partial charge in [-0.1, -0.05) is 20.3 Å². The van der Waals surface area contributed by atoms with Crippen molar-refractivity contribution in [3.63, 3.8) is 0 Å². The second kappa shape index (κ2) is 3.90. The minimum Gasteiger partial charge on any atom is -0.302 e. The van der Waals surface area contributed by atoms with E-state index in [1.807, 2.05) is 13.8 Å². The molecule has 0 bridgehead atoms. The molecule has 0 fully saturated rings. The third kappa shape index (κ3) is 2.31. The molecular formula is C6H11ClO. The largest absolute Gasteiger partial charge is 0.302 e. The van der Waals surface area contributed by atoms with Crippen LogP contribution in [0.2, 0.25) is 0 Å². The molecular weight excluding hydrogens is 124 g/mol. The van der Waals surface area contributed by atoms with E-state index in [1.165, 1.54) is 0 Å². The summed E-state index contributed by atoms with van der Waals surface area (Å²) in [5.41, 5.74) is 0. The highest BCUT2D eigenvalue weighted by molar-refractivity contribution is 6.27. The van der Waals surface area contributed by atoms with E-state index < -0.39 is 0 Å². The van der Waals surface area contributed by atoms with Gasteiger partial charge in [0.2, 0.25) is 0 Å². The molecule has 0 saturated carbocycles. The topological polar surface area (TPSA) is 17.1 Å². The lowest BCUT2D eigenvalue weighted by Gasteiger charge is -2.07. The van der Waals surface area contributed by atoms with Crippen LogP contribution in [0.3, 0.4) is 0 Å². The molecule has 0 aliphatic carbocycles. The van der Waals surface area contributed by atoms with Crippen LogP contribution in [0, 0.1) is 5.92 Å². The number of hydrogen-bond donors (Lipinski definition) is 0. The number of rotatable bonds is 3. The Morgan fingerprint density at radius 3 is 2.38 bits per heavy atom. The molecule has 48 valence electrons. The molecule has 0 unspecified atom stereocenters. The van der Waals surface area contributed by atoms with Crippen LogP contribution < -0.4 is 0 Å². The van der Waals surface area contributed by atoms with Crippen molar-refractivity contribution in [3.8, 4) is 0 Å². The van der Waals surface area contributed by atoms with Crippen molar-refractivity contribution in [3.05, 3.63) is 0 Å². The number of carbonyl (C=O) groups is 1. The predicted octanol–water partition coefficient (Wildman–Crippen LogP) is 1.84. The quantitative estimate of drug-likeness (QED) is 0.425. The highest BCUT2D eigenvalue weighted by atomic mass is 35.5. The van der Waals surface area contributed by atoms with Crippen LogP contribution in [-0.4, -0.2) is 11.7 Å².